The van der Waals surface area contributed by atoms with E-state index in [1.54, 1.807) is 18.2 Å². The van der Waals surface area contributed by atoms with Crippen molar-refractivity contribution in [2.45, 2.75) is 72.6 Å². The summed E-state index contributed by atoms with van der Waals surface area (Å²) >= 11 is 0. The molecule has 0 saturated heterocycles. The molecule has 2 atom stereocenters. The van der Waals surface area contributed by atoms with E-state index in [9.17, 15) is 14.7 Å². The van der Waals surface area contributed by atoms with Gasteiger partial charge in [0.2, 0.25) is 5.56 Å². The Balaban J connectivity index is 0.00000420. The highest BCUT2D eigenvalue weighted by atomic mass is 35.5. The Labute approximate surface area is 178 Å². The lowest BCUT2D eigenvalue weighted by atomic mass is 9.92. The maximum atomic E-state index is 12.3. The molecule has 0 saturated carbocycles. The van der Waals surface area contributed by atoms with E-state index < -0.39 is 6.10 Å². The first-order valence-corrected chi connectivity index (χ1v) is 9.82. The van der Waals surface area contributed by atoms with Crippen molar-refractivity contribution in [2.75, 3.05) is 0 Å². The van der Waals surface area contributed by atoms with Gasteiger partial charge < -0.3 is 20.1 Å². The van der Waals surface area contributed by atoms with Crippen LogP contribution in [0.25, 0.3) is 10.9 Å². The number of nitrogens with one attached hydrogen (secondary N) is 2. The second-order valence-corrected chi connectivity index (χ2v) is 8.76. The number of halogens is 1. The van der Waals surface area contributed by atoms with Crippen molar-refractivity contribution in [1.29, 1.82) is 0 Å². The Morgan fingerprint density at radius 2 is 1.86 bits per heavy atom. The van der Waals surface area contributed by atoms with Crippen LogP contribution in [0.5, 0.6) is 5.75 Å². The quantitative estimate of drug-likeness (QED) is 0.459. The highest BCUT2D eigenvalue weighted by Crippen LogP contribution is 2.32. The van der Waals surface area contributed by atoms with Gasteiger partial charge >= 0.3 is 5.97 Å². The van der Waals surface area contributed by atoms with Gasteiger partial charge in [-0.3, -0.25) is 9.59 Å². The van der Waals surface area contributed by atoms with Crippen molar-refractivity contribution >= 4 is 29.3 Å². The molecule has 3 N–H and O–H groups in total. The molecule has 2 aromatic rings. The molecule has 0 amide bonds. The number of aromatic nitrogens is 1. The van der Waals surface area contributed by atoms with Gasteiger partial charge in [-0.1, -0.05) is 47.6 Å². The second-order valence-electron chi connectivity index (χ2n) is 8.76. The summed E-state index contributed by atoms with van der Waals surface area (Å²) in [5.41, 5.74) is 0.611. The van der Waals surface area contributed by atoms with Crippen LogP contribution in [0.15, 0.2) is 29.1 Å². The largest absolute Gasteiger partial charge is 0.424 e. The zero-order valence-electron chi connectivity index (χ0n) is 18.0. The predicted octanol–water partition coefficient (Wildman–Crippen LogP) is 4.10. The second kappa shape index (κ2) is 10.2. The van der Waals surface area contributed by atoms with Gasteiger partial charge in [-0.2, -0.15) is 0 Å². The van der Waals surface area contributed by atoms with Crippen molar-refractivity contribution in [3.8, 4) is 5.75 Å². The van der Waals surface area contributed by atoms with Crippen molar-refractivity contribution in [2.24, 2.45) is 5.41 Å². The predicted molar refractivity (Wildman–Crippen MR) is 119 cm³/mol. The number of benzene rings is 1. The molecule has 162 valence electrons. The molecule has 1 heterocycles. The van der Waals surface area contributed by atoms with Gasteiger partial charge in [-0.15, -0.1) is 12.4 Å². The van der Waals surface area contributed by atoms with Crippen LogP contribution < -0.4 is 15.6 Å². The third-order valence-corrected chi connectivity index (χ3v) is 4.48. The smallest absolute Gasteiger partial charge is 0.311 e. The number of hydrogen-bond acceptors (Lipinski definition) is 5. The molecule has 0 fully saturated rings. The van der Waals surface area contributed by atoms with Crippen molar-refractivity contribution in [1.82, 2.24) is 10.3 Å². The Hall–Kier alpha value is -1.89. The van der Waals surface area contributed by atoms with Gasteiger partial charge in [0.1, 0.15) is 0 Å². The molecule has 0 spiro atoms. The standard InChI is InChI=1S/C22H32N2O4.ClH/c1-7-16(23-13(2)3)21(27)15-8-10-17(28-19(26)12-22(4,5)6)20-14(15)9-11-18(25)24-20;/h8-11,13,16,21,23,27H,7,12H2,1-6H3,(H,24,25);1H. The van der Waals surface area contributed by atoms with Gasteiger partial charge in [0.15, 0.2) is 5.75 Å². The van der Waals surface area contributed by atoms with Gasteiger partial charge in [0.25, 0.3) is 0 Å². The molecule has 0 bridgehead atoms. The lowest BCUT2D eigenvalue weighted by Gasteiger charge is -2.26. The molecular formula is C22H33ClN2O4. The highest BCUT2D eigenvalue weighted by molar-refractivity contribution is 5.90. The van der Waals surface area contributed by atoms with E-state index in [-0.39, 0.29) is 47.9 Å². The van der Waals surface area contributed by atoms with Gasteiger partial charge in [0, 0.05) is 23.5 Å². The highest BCUT2D eigenvalue weighted by Gasteiger charge is 2.24. The molecule has 0 aliphatic heterocycles. The first-order chi connectivity index (χ1) is 13.0. The summed E-state index contributed by atoms with van der Waals surface area (Å²) in [6.45, 7) is 11.9. The molecule has 0 aliphatic carbocycles. The summed E-state index contributed by atoms with van der Waals surface area (Å²) in [6, 6.07) is 6.56. The van der Waals surface area contributed by atoms with Crippen LogP contribution in [0.2, 0.25) is 0 Å². The van der Waals surface area contributed by atoms with E-state index in [4.69, 9.17) is 4.74 Å². The number of aromatic amines is 1. The van der Waals surface area contributed by atoms with Crippen LogP contribution >= 0.6 is 12.4 Å². The van der Waals surface area contributed by atoms with Crippen LogP contribution in [0.4, 0.5) is 0 Å². The Morgan fingerprint density at radius 3 is 2.41 bits per heavy atom. The van der Waals surface area contributed by atoms with Gasteiger partial charge in [0.05, 0.1) is 18.0 Å². The summed E-state index contributed by atoms with van der Waals surface area (Å²) in [5.74, 6) is -0.0672. The van der Waals surface area contributed by atoms with Crippen LogP contribution in [-0.2, 0) is 4.79 Å². The Kier molecular flexibility index (Phi) is 8.87. The van der Waals surface area contributed by atoms with E-state index in [1.165, 1.54) is 6.07 Å². The number of carbonyl (C=O) groups is 1. The average molecular weight is 425 g/mol. The van der Waals surface area contributed by atoms with E-state index in [2.05, 4.69) is 10.3 Å². The lowest BCUT2D eigenvalue weighted by molar-refractivity contribution is -0.136. The number of carbonyl (C=O) groups excluding carboxylic acids is 1. The number of H-pyrrole nitrogens is 1. The van der Waals surface area contributed by atoms with E-state index >= 15 is 0 Å². The number of esters is 1. The van der Waals surface area contributed by atoms with Crippen molar-refractivity contribution in [3.05, 3.63) is 40.2 Å². The number of pyridine rings is 1. The number of aliphatic hydroxyl groups excluding tert-OH is 1. The molecule has 7 heteroatoms. The van der Waals surface area contributed by atoms with Crippen molar-refractivity contribution in [3.63, 3.8) is 0 Å². The summed E-state index contributed by atoms with van der Waals surface area (Å²) in [7, 11) is 0. The first-order valence-electron chi connectivity index (χ1n) is 9.82. The zero-order chi connectivity index (χ0) is 21.1. The van der Waals surface area contributed by atoms with E-state index in [1.807, 2.05) is 41.5 Å². The molecule has 2 unspecified atom stereocenters. The maximum Gasteiger partial charge on any atom is 0.311 e. The molecular weight excluding hydrogens is 392 g/mol. The van der Waals surface area contributed by atoms with Gasteiger partial charge in [-0.25, -0.2) is 0 Å². The summed E-state index contributed by atoms with van der Waals surface area (Å²) < 4.78 is 5.54. The van der Waals surface area contributed by atoms with E-state index in [0.29, 0.717) is 22.2 Å². The maximum absolute atomic E-state index is 12.3. The minimum Gasteiger partial charge on any atom is -0.424 e. The third kappa shape index (κ3) is 6.84. The average Bonchev–Trinajstić information content (AvgIpc) is 2.57. The number of rotatable bonds is 7. The minimum absolute atomic E-state index is 0. The monoisotopic (exact) mass is 424 g/mol. The Morgan fingerprint density at radius 1 is 1.21 bits per heavy atom. The van der Waals surface area contributed by atoms with E-state index in [0.717, 1.165) is 6.42 Å². The molecule has 0 radical (unpaired) electrons. The number of aliphatic hydroxyl groups is 1. The minimum atomic E-state index is -0.764. The fourth-order valence-corrected chi connectivity index (χ4v) is 3.26. The fraction of sp³-hybridized carbons (Fsp3) is 0.545. The SMILES string of the molecule is CCC(NC(C)C)C(O)c1ccc(OC(=O)CC(C)(C)C)c2[nH]c(=O)ccc12.Cl. The number of hydrogen-bond donors (Lipinski definition) is 3. The zero-order valence-corrected chi connectivity index (χ0v) is 18.9. The number of ether oxygens (including phenoxy) is 1. The molecule has 2 rings (SSSR count). The van der Waals surface area contributed by atoms with Crippen LogP contribution in [0, 0.1) is 5.41 Å². The number of fused-ring (bicyclic) bond motifs is 1. The van der Waals surface area contributed by atoms with Crippen LogP contribution in [-0.4, -0.2) is 28.1 Å². The van der Waals surface area contributed by atoms with Gasteiger partial charge in [-0.05, 0) is 29.5 Å². The Bertz CT molecular complexity index is 886. The molecule has 1 aromatic heterocycles. The molecule has 6 nitrogen and oxygen atoms in total. The summed E-state index contributed by atoms with van der Waals surface area (Å²) in [6.07, 6.45) is 0.235. The molecule has 0 aliphatic rings. The summed E-state index contributed by atoms with van der Waals surface area (Å²) in [5, 5.41) is 15.0. The normalized spacial score (nSPS) is 13.8. The third-order valence-electron chi connectivity index (χ3n) is 4.48. The lowest BCUT2D eigenvalue weighted by Crippen LogP contribution is -2.39. The van der Waals surface area contributed by atoms with Crippen LogP contribution in [0.3, 0.4) is 0 Å². The first kappa shape index (κ1) is 25.1. The topological polar surface area (TPSA) is 91.4 Å². The molecule has 29 heavy (non-hydrogen) atoms. The van der Waals surface area contributed by atoms with Crippen LogP contribution in [0.1, 0.15) is 66.1 Å². The summed E-state index contributed by atoms with van der Waals surface area (Å²) in [4.78, 5) is 26.9. The molecule has 1 aromatic carbocycles. The fourth-order valence-electron chi connectivity index (χ4n) is 3.26. The van der Waals surface area contributed by atoms with Crippen molar-refractivity contribution < 1.29 is 14.6 Å².